The number of rotatable bonds is 7. The Labute approximate surface area is 157 Å². The first-order chi connectivity index (χ1) is 12.5. The van der Waals surface area contributed by atoms with E-state index >= 15 is 0 Å². The van der Waals surface area contributed by atoms with E-state index in [-0.39, 0.29) is 0 Å². The molecule has 0 fully saturated rings. The highest BCUT2D eigenvalue weighted by molar-refractivity contribution is 7.13. The van der Waals surface area contributed by atoms with Crippen molar-refractivity contribution in [2.45, 2.75) is 6.54 Å². The second-order valence-corrected chi connectivity index (χ2v) is 6.32. The third kappa shape index (κ3) is 4.69. The number of guanidine groups is 1. The molecule has 2 N–H and O–H groups in total. The molecule has 0 amide bonds. The number of hydrogen-bond acceptors (Lipinski definition) is 7. The Hall–Kier alpha value is -2.68. The lowest BCUT2D eigenvalue weighted by atomic mass is 10.2. The zero-order valence-electron chi connectivity index (χ0n) is 15.9. The van der Waals surface area contributed by atoms with Crippen LogP contribution in [0.4, 0.5) is 10.8 Å². The molecule has 9 heteroatoms. The van der Waals surface area contributed by atoms with Gasteiger partial charge in [-0.05, 0) is 0 Å². The van der Waals surface area contributed by atoms with Gasteiger partial charge in [0.15, 0.2) is 22.6 Å². The Bertz CT molecular complexity index is 736. The molecule has 1 aromatic heterocycles. The van der Waals surface area contributed by atoms with Crippen LogP contribution in [0.15, 0.2) is 22.5 Å². The van der Waals surface area contributed by atoms with Crippen molar-refractivity contribution in [3.05, 3.63) is 23.2 Å². The fraction of sp³-hybridized carbons (Fsp3) is 0.412. The standard InChI is InChI=1S/C17H25N5O3S/c1-18-16(19-9-12-10-26-17(21-12)22(2)3)20-11-7-13(23-4)15(25-6)14(8-11)24-5/h7-8,10H,9H2,1-6H3,(H2,18,19,20). The average molecular weight is 379 g/mol. The molecule has 26 heavy (non-hydrogen) atoms. The third-order valence-corrected chi connectivity index (χ3v) is 4.57. The van der Waals surface area contributed by atoms with Crippen LogP contribution < -0.4 is 29.7 Å². The van der Waals surface area contributed by atoms with Gasteiger partial charge < -0.3 is 29.7 Å². The van der Waals surface area contributed by atoms with Crippen molar-refractivity contribution in [3.8, 4) is 17.2 Å². The molecule has 2 aromatic rings. The number of aliphatic imine (C=N–C) groups is 1. The van der Waals surface area contributed by atoms with Crippen LogP contribution in [0, 0.1) is 0 Å². The summed E-state index contributed by atoms with van der Waals surface area (Å²) in [5.41, 5.74) is 1.71. The van der Waals surface area contributed by atoms with Crippen molar-refractivity contribution in [3.63, 3.8) is 0 Å². The lowest BCUT2D eigenvalue weighted by molar-refractivity contribution is 0.324. The van der Waals surface area contributed by atoms with Gasteiger partial charge in [0, 0.05) is 44.3 Å². The molecule has 0 bridgehead atoms. The van der Waals surface area contributed by atoms with Crippen molar-refractivity contribution in [2.24, 2.45) is 4.99 Å². The number of aromatic nitrogens is 1. The van der Waals surface area contributed by atoms with Crippen LogP contribution in [0.3, 0.4) is 0 Å². The van der Waals surface area contributed by atoms with Gasteiger partial charge in [-0.15, -0.1) is 11.3 Å². The summed E-state index contributed by atoms with van der Waals surface area (Å²) in [6, 6.07) is 3.64. The summed E-state index contributed by atoms with van der Waals surface area (Å²) >= 11 is 1.60. The minimum absolute atomic E-state index is 0.544. The highest BCUT2D eigenvalue weighted by Gasteiger charge is 2.14. The van der Waals surface area contributed by atoms with E-state index in [0.29, 0.717) is 29.8 Å². The molecule has 8 nitrogen and oxygen atoms in total. The summed E-state index contributed by atoms with van der Waals surface area (Å²) in [5.74, 6) is 2.29. The number of benzene rings is 1. The Kier molecular flexibility index (Phi) is 6.90. The van der Waals surface area contributed by atoms with E-state index < -0.39 is 0 Å². The van der Waals surface area contributed by atoms with Crippen LogP contribution in [0.25, 0.3) is 0 Å². The number of hydrogen-bond donors (Lipinski definition) is 2. The van der Waals surface area contributed by atoms with E-state index in [1.807, 2.05) is 36.5 Å². The van der Waals surface area contributed by atoms with Gasteiger partial charge in [0.1, 0.15) is 0 Å². The number of thiazole rings is 1. The zero-order chi connectivity index (χ0) is 19.1. The van der Waals surface area contributed by atoms with Crippen molar-refractivity contribution in [2.75, 3.05) is 52.7 Å². The van der Waals surface area contributed by atoms with Crippen molar-refractivity contribution >= 4 is 28.1 Å². The first-order valence-corrected chi connectivity index (χ1v) is 8.79. The number of nitrogens with zero attached hydrogens (tertiary/aromatic N) is 3. The molecule has 0 atom stereocenters. The van der Waals surface area contributed by atoms with Gasteiger partial charge in [0.05, 0.1) is 33.6 Å². The predicted molar refractivity (Wildman–Crippen MR) is 106 cm³/mol. The van der Waals surface area contributed by atoms with Crippen LogP contribution in [0.2, 0.25) is 0 Å². The van der Waals surface area contributed by atoms with Gasteiger partial charge in [0.2, 0.25) is 5.75 Å². The SMILES string of the molecule is CN=C(NCc1csc(N(C)C)n1)Nc1cc(OC)c(OC)c(OC)c1. The molecule has 0 unspecified atom stereocenters. The Morgan fingerprint density at radius 1 is 1.15 bits per heavy atom. The fourth-order valence-corrected chi connectivity index (χ4v) is 2.98. The summed E-state index contributed by atoms with van der Waals surface area (Å²) in [7, 11) is 10.4. The molecule has 0 radical (unpaired) electrons. The molecule has 0 spiro atoms. The number of nitrogens with one attached hydrogen (secondary N) is 2. The maximum absolute atomic E-state index is 5.37. The Morgan fingerprint density at radius 2 is 1.81 bits per heavy atom. The largest absolute Gasteiger partial charge is 0.493 e. The second kappa shape index (κ2) is 9.14. The first-order valence-electron chi connectivity index (χ1n) is 7.91. The molecule has 0 saturated carbocycles. The first kappa shape index (κ1) is 19.6. The molecular weight excluding hydrogens is 354 g/mol. The van der Waals surface area contributed by atoms with Gasteiger partial charge in [-0.1, -0.05) is 0 Å². The van der Waals surface area contributed by atoms with Gasteiger partial charge in [-0.25, -0.2) is 4.98 Å². The van der Waals surface area contributed by atoms with Gasteiger partial charge >= 0.3 is 0 Å². The monoisotopic (exact) mass is 379 g/mol. The molecular formula is C17H25N5O3S. The van der Waals surface area contributed by atoms with Crippen molar-refractivity contribution in [1.29, 1.82) is 0 Å². The van der Waals surface area contributed by atoms with Crippen LogP contribution in [0.5, 0.6) is 17.2 Å². The summed E-state index contributed by atoms with van der Waals surface area (Å²) in [4.78, 5) is 10.8. The minimum Gasteiger partial charge on any atom is -0.493 e. The summed E-state index contributed by atoms with van der Waals surface area (Å²) < 4.78 is 16.1. The molecule has 1 heterocycles. The smallest absolute Gasteiger partial charge is 0.203 e. The lowest BCUT2D eigenvalue weighted by Gasteiger charge is -2.16. The van der Waals surface area contributed by atoms with Crippen molar-refractivity contribution in [1.82, 2.24) is 10.3 Å². The van der Waals surface area contributed by atoms with Crippen LogP contribution in [-0.2, 0) is 6.54 Å². The number of anilines is 2. The number of ether oxygens (including phenoxy) is 3. The Morgan fingerprint density at radius 3 is 2.27 bits per heavy atom. The zero-order valence-corrected chi connectivity index (χ0v) is 16.7. The van der Waals surface area contributed by atoms with Crippen LogP contribution in [0.1, 0.15) is 5.69 Å². The van der Waals surface area contributed by atoms with Crippen LogP contribution in [-0.4, -0.2) is 53.4 Å². The molecule has 2 rings (SSSR count). The topological polar surface area (TPSA) is 80.2 Å². The minimum atomic E-state index is 0.544. The van der Waals surface area contributed by atoms with Crippen LogP contribution >= 0.6 is 11.3 Å². The fourth-order valence-electron chi connectivity index (χ4n) is 2.23. The summed E-state index contributed by atoms with van der Waals surface area (Å²) in [5, 5.41) is 9.45. The predicted octanol–water partition coefficient (Wildman–Crippen LogP) is 2.42. The van der Waals surface area contributed by atoms with E-state index in [9.17, 15) is 0 Å². The van der Waals surface area contributed by atoms with E-state index in [4.69, 9.17) is 14.2 Å². The quantitative estimate of drug-likeness (QED) is 0.565. The van der Waals surface area contributed by atoms with E-state index in [2.05, 4.69) is 20.6 Å². The van der Waals surface area contributed by atoms with Crippen molar-refractivity contribution < 1.29 is 14.2 Å². The molecule has 0 aliphatic rings. The molecule has 0 saturated heterocycles. The number of methoxy groups -OCH3 is 3. The Balaban J connectivity index is 2.09. The maximum atomic E-state index is 5.37. The molecule has 0 aliphatic carbocycles. The second-order valence-electron chi connectivity index (χ2n) is 5.48. The van der Waals surface area contributed by atoms with Gasteiger partial charge in [-0.3, -0.25) is 4.99 Å². The highest BCUT2D eigenvalue weighted by atomic mass is 32.1. The van der Waals surface area contributed by atoms with E-state index in [1.54, 1.807) is 39.7 Å². The normalized spacial score (nSPS) is 11.1. The van der Waals surface area contributed by atoms with E-state index in [1.165, 1.54) is 0 Å². The highest BCUT2D eigenvalue weighted by Crippen LogP contribution is 2.39. The van der Waals surface area contributed by atoms with Gasteiger partial charge in [-0.2, -0.15) is 0 Å². The summed E-state index contributed by atoms with van der Waals surface area (Å²) in [6.45, 7) is 0.564. The lowest BCUT2D eigenvalue weighted by Crippen LogP contribution is -2.30. The molecule has 1 aromatic carbocycles. The van der Waals surface area contributed by atoms with Gasteiger partial charge in [0.25, 0.3) is 0 Å². The molecule has 0 aliphatic heterocycles. The summed E-state index contributed by atoms with van der Waals surface area (Å²) in [6.07, 6.45) is 0. The van der Waals surface area contributed by atoms with E-state index in [0.717, 1.165) is 16.5 Å². The average Bonchev–Trinajstić information content (AvgIpc) is 3.13. The maximum Gasteiger partial charge on any atom is 0.203 e. The third-order valence-electron chi connectivity index (χ3n) is 3.51. The molecule has 142 valence electrons.